The van der Waals surface area contributed by atoms with Crippen molar-refractivity contribution in [2.75, 3.05) is 0 Å². The van der Waals surface area contributed by atoms with Crippen molar-refractivity contribution in [3.63, 3.8) is 0 Å². The second-order valence-corrected chi connectivity index (χ2v) is 7.28. The van der Waals surface area contributed by atoms with E-state index >= 15 is 0 Å². The van der Waals surface area contributed by atoms with Crippen LogP contribution in [0.3, 0.4) is 0 Å². The van der Waals surface area contributed by atoms with Crippen LogP contribution >= 0.6 is 0 Å². The third-order valence-electron chi connectivity index (χ3n) is 4.00. The molecule has 0 aliphatic carbocycles. The van der Waals surface area contributed by atoms with Gasteiger partial charge in [-0.1, -0.05) is 30.3 Å². The van der Waals surface area contributed by atoms with E-state index in [2.05, 4.69) is 9.71 Å². The molecule has 0 radical (unpaired) electrons. The monoisotopic (exact) mass is 334 g/mol. The lowest BCUT2D eigenvalue weighted by atomic mass is 10.2. The maximum Gasteiger partial charge on any atom is 0.280 e. The van der Waals surface area contributed by atoms with Crippen molar-refractivity contribution in [1.82, 2.24) is 18.6 Å². The molecule has 8 heteroatoms. The highest BCUT2D eigenvalue weighted by atomic mass is 32.2. The molecule has 1 aromatic heterocycles. The topological polar surface area (TPSA) is 84.3 Å². The molecule has 1 aliphatic rings. The van der Waals surface area contributed by atoms with Crippen LogP contribution in [0.15, 0.2) is 35.1 Å². The minimum atomic E-state index is -3.67. The van der Waals surface area contributed by atoms with Gasteiger partial charge in [0.15, 0.2) is 0 Å². The molecule has 0 saturated carbocycles. The lowest BCUT2D eigenvalue weighted by Gasteiger charge is -2.15. The van der Waals surface area contributed by atoms with Crippen LogP contribution in [-0.2, 0) is 36.9 Å². The zero-order valence-corrected chi connectivity index (χ0v) is 13.8. The Hall–Kier alpha value is -2.03. The third kappa shape index (κ3) is 3.05. The molecule has 7 nitrogen and oxygen atoms in total. The van der Waals surface area contributed by atoms with Crippen molar-refractivity contribution in [1.29, 1.82) is 0 Å². The Bertz CT molecular complexity index is 891. The van der Waals surface area contributed by atoms with Gasteiger partial charge >= 0.3 is 0 Å². The van der Waals surface area contributed by atoms with Crippen LogP contribution in [0.1, 0.15) is 22.6 Å². The van der Waals surface area contributed by atoms with Gasteiger partial charge < -0.3 is 0 Å². The van der Waals surface area contributed by atoms with Gasteiger partial charge in [0, 0.05) is 20.1 Å². The molecular weight excluding hydrogens is 316 g/mol. The van der Waals surface area contributed by atoms with Crippen molar-refractivity contribution in [2.45, 2.75) is 26.6 Å². The molecule has 0 bridgehead atoms. The van der Waals surface area contributed by atoms with Gasteiger partial charge in [0.2, 0.25) is 0 Å². The molecular formula is C15H18N4O3S. The molecule has 0 fully saturated rings. The molecule has 0 saturated heterocycles. The summed E-state index contributed by atoms with van der Waals surface area (Å²) < 4.78 is 30.1. The molecule has 1 aromatic carbocycles. The fraction of sp³-hybridized carbons (Fsp3) is 0.333. The average molecular weight is 334 g/mol. The van der Waals surface area contributed by atoms with E-state index < -0.39 is 10.2 Å². The zero-order valence-electron chi connectivity index (χ0n) is 13.0. The van der Waals surface area contributed by atoms with Crippen LogP contribution in [0.4, 0.5) is 0 Å². The zero-order chi connectivity index (χ0) is 16.6. The molecule has 2 heterocycles. The summed E-state index contributed by atoms with van der Waals surface area (Å²) in [5.74, 6) is 0.574. The Morgan fingerprint density at radius 1 is 1.22 bits per heavy atom. The number of fused-ring (bicyclic) bond motifs is 1. The van der Waals surface area contributed by atoms with Gasteiger partial charge in [-0.25, -0.2) is 4.98 Å². The number of rotatable bonds is 4. The Morgan fingerprint density at radius 3 is 2.61 bits per heavy atom. The summed E-state index contributed by atoms with van der Waals surface area (Å²) in [4.78, 5) is 16.5. The van der Waals surface area contributed by atoms with Gasteiger partial charge in [-0.3, -0.25) is 9.36 Å². The van der Waals surface area contributed by atoms with E-state index in [1.165, 1.54) is 8.87 Å². The first-order chi connectivity index (χ1) is 10.9. The number of nitrogens with zero attached hydrogens (tertiary/aromatic N) is 3. The number of hydrogen-bond donors (Lipinski definition) is 1. The average Bonchev–Trinajstić information content (AvgIpc) is 2.97. The Balaban J connectivity index is 1.78. The van der Waals surface area contributed by atoms with E-state index in [-0.39, 0.29) is 25.2 Å². The highest BCUT2D eigenvalue weighted by molar-refractivity contribution is 7.87. The van der Waals surface area contributed by atoms with Crippen LogP contribution in [0.5, 0.6) is 0 Å². The molecule has 0 unspecified atom stereocenters. The van der Waals surface area contributed by atoms with Gasteiger partial charge in [-0.05, 0) is 12.5 Å². The molecule has 1 aliphatic heterocycles. The molecule has 1 N–H and O–H groups in total. The summed E-state index contributed by atoms with van der Waals surface area (Å²) in [6.45, 7) is 2.11. The van der Waals surface area contributed by atoms with Crippen molar-refractivity contribution in [3.05, 3.63) is 63.3 Å². The molecule has 2 aromatic rings. The molecule has 0 spiro atoms. The highest BCUT2D eigenvalue weighted by Crippen LogP contribution is 2.20. The first-order valence-corrected chi connectivity index (χ1v) is 8.66. The standard InChI is InChI=1S/C15H18N4O3S/c1-11-17-14-10-19(9-13(14)15(20)18(11)2)23(21,22)16-8-12-6-4-3-5-7-12/h3-7,16H,8-10H2,1-2H3. The van der Waals surface area contributed by atoms with Crippen LogP contribution < -0.4 is 10.3 Å². The van der Waals surface area contributed by atoms with Gasteiger partial charge in [-0.2, -0.15) is 17.4 Å². The summed E-state index contributed by atoms with van der Waals surface area (Å²) in [7, 11) is -2.04. The van der Waals surface area contributed by atoms with Crippen LogP contribution in [0, 0.1) is 6.92 Å². The van der Waals surface area contributed by atoms with Crippen LogP contribution in [0.25, 0.3) is 0 Å². The maximum atomic E-state index is 12.4. The van der Waals surface area contributed by atoms with E-state index in [1.54, 1.807) is 14.0 Å². The van der Waals surface area contributed by atoms with E-state index in [0.717, 1.165) is 5.56 Å². The smallest absolute Gasteiger partial charge is 0.280 e. The van der Waals surface area contributed by atoms with Gasteiger partial charge in [0.25, 0.3) is 15.8 Å². The second-order valence-electron chi connectivity index (χ2n) is 5.53. The number of nitrogens with one attached hydrogen (secondary N) is 1. The Kier molecular flexibility index (Phi) is 4.05. The summed E-state index contributed by atoms with van der Waals surface area (Å²) in [5, 5.41) is 0. The van der Waals surface area contributed by atoms with E-state index in [9.17, 15) is 13.2 Å². The summed E-state index contributed by atoms with van der Waals surface area (Å²) in [6.07, 6.45) is 0. The van der Waals surface area contributed by atoms with Crippen molar-refractivity contribution >= 4 is 10.2 Å². The minimum Gasteiger partial charge on any atom is -0.300 e. The van der Waals surface area contributed by atoms with Gasteiger partial charge in [-0.15, -0.1) is 0 Å². The molecule has 0 atom stereocenters. The summed E-state index contributed by atoms with van der Waals surface area (Å²) in [5.41, 5.74) is 1.67. The summed E-state index contributed by atoms with van der Waals surface area (Å²) >= 11 is 0. The lowest BCUT2D eigenvalue weighted by Crippen LogP contribution is -2.37. The predicted molar refractivity (Wildman–Crippen MR) is 85.7 cm³/mol. The number of aryl methyl sites for hydroxylation is 1. The summed E-state index contributed by atoms with van der Waals surface area (Å²) in [6, 6.07) is 9.28. The van der Waals surface area contributed by atoms with E-state index in [4.69, 9.17) is 0 Å². The van der Waals surface area contributed by atoms with Crippen molar-refractivity contribution in [3.8, 4) is 0 Å². The van der Waals surface area contributed by atoms with Crippen LogP contribution in [0.2, 0.25) is 0 Å². The van der Waals surface area contributed by atoms with Crippen LogP contribution in [-0.4, -0.2) is 22.3 Å². The van der Waals surface area contributed by atoms with E-state index in [0.29, 0.717) is 17.1 Å². The Labute approximate surface area is 134 Å². The molecule has 122 valence electrons. The van der Waals surface area contributed by atoms with E-state index in [1.807, 2.05) is 30.3 Å². The normalized spacial score (nSPS) is 14.9. The van der Waals surface area contributed by atoms with Crippen molar-refractivity contribution in [2.24, 2.45) is 7.05 Å². The SMILES string of the molecule is Cc1nc2c(c(=O)n1C)CN(S(=O)(=O)NCc1ccccc1)C2. The molecule has 23 heavy (non-hydrogen) atoms. The van der Waals surface area contributed by atoms with Gasteiger partial charge in [0.1, 0.15) is 5.82 Å². The lowest BCUT2D eigenvalue weighted by molar-refractivity contribution is 0.419. The molecule has 0 amide bonds. The number of benzene rings is 1. The quantitative estimate of drug-likeness (QED) is 0.879. The fourth-order valence-electron chi connectivity index (χ4n) is 2.53. The third-order valence-corrected chi connectivity index (χ3v) is 5.44. The number of aromatic nitrogens is 2. The maximum absolute atomic E-state index is 12.4. The van der Waals surface area contributed by atoms with Crippen molar-refractivity contribution < 1.29 is 8.42 Å². The fourth-order valence-corrected chi connectivity index (χ4v) is 3.65. The number of hydrogen-bond acceptors (Lipinski definition) is 4. The first-order valence-electron chi connectivity index (χ1n) is 7.22. The minimum absolute atomic E-state index is 0.0550. The van der Waals surface area contributed by atoms with Gasteiger partial charge in [0.05, 0.1) is 17.8 Å². The largest absolute Gasteiger partial charge is 0.300 e. The second kappa shape index (κ2) is 5.88. The Morgan fingerprint density at radius 2 is 1.91 bits per heavy atom. The predicted octanol–water partition coefficient (Wildman–Crippen LogP) is 0.439. The molecule has 3 rings (SSSR count). The highest BCUT2D eigenvalue weighted by Gasteiger charge is 2.32. The first kappa shape index (κ1) is 15.9.